The summed E-state index contributed by atoms with van der Waals surface area (Å²) < 4.78 is 0. The van der Waals surface area contributed by atoms with Gasteiger partial charge in [-0.15, -0.1) is 0 Å². The fourth-order valence-corrected chi connectivity index (χ4v) is 5.28. The molecule has 0 saturated carbocycles. The highest BCUT2D eigenvalue weighted by atomic mass is 16.3. The third-order valence-electron chi connectivity index (χ3n) is 7.52. The molecule has 0 fully saturated rings. The Balaban J connectivity index is 1.77. The number of ketones is 1. The van der Waals surface area contributed by atoms with Crippen molar-refractivity contribution in [2.45, 2.75) is 84.9 Å². The van der Waals surface area contributed by atoms with Crippen LogP contribution in [0.2, 0.25) is 0 Å². The van der Waals surface area contributed by atoms with Gasteiger partial charge in [0.1, 0.15) is 5.75 Å². The molecule has 220 valence electrons. The quantitative estimate of drug-likeness (QED) is 0.158. The summed E-state index contributed by atoms with van der Waals surface area (Å²) in [6.45, 7) is 9.07. The Hall–Kier alpha value is -3.48. The molecule has 0 radical (unpaired) electrons. The van der Waals surface area contributed by atoms with Gasteiger partial charge in [-0.3, -0.25) is 9.59 Å². The van der Waals surface area contributed by atoms with Crippen LogP contribution in [-0.2, 0) is 19.4 Å². The second kappa shape index (κ2) is 16.1. The lowest BCUT2D eigenvalue weighted by Crippen LogP contribution is -2.48. The van der Waals surface area contributed by atoms with Crippen molar-refractivity contribution >= 4 is 11.7 Å². The van der Waals surface area contributed by atoms with E-state index >= 15 is 0 Å². The number of rotatable bonds is 16. The standard InChI is InChI=1S/C35H46N2O4/c1-5-9-28(10-6-2)34(40)29-17-24(4)18-30(21-29)35(41)37-32(20-26-13-15-31(38)16-14-26)33(39)23-36-22-27-12-8-11-25(7-3)19-27/h8,11-19,21,28,32-33,36,38-39H,5-7,9-10,20,22-23H2,1-4H3,(H,37,41)/t32-,33-/m0/s1. The summed E-state index contributed by atoms with van der Waals surface area (Å²) >= 11 is 0. The van der Waals surface area contributed by atoms with Crippen LogP contribution < -0.4 is 10.6 Å². The second-order valence-electron chi connectivity index (χ2n) is 11.0. The number of hydrogen-bond acceptors (Lipinski definition) is 5. The number of carbonyl (C=O) groups excluding carboxylic acids is 2. The molecule has 2 atom stereocenters. The summed E-state index contributed by atoms with van der Waals surface area (Å²) in [6.07, 6.45) is 4.01. The van der Waals surface area contributed by atoms with Gasteiger partial charge in [0.2, 0.25) is 0 Å². The molecule has 0 bridgehead atoms. The summed E-state index contributed by atoms with van der Waals surface area (Å²) in [5, 5.41) is 27.3. The molecule has 0 aliphatic heterocycles. The number of nitrogens with one attached hydrogen (secondary N) is 2. The maximum atomic E-state index is 13.5. The van der Waals surface area contributed by atoms with E-state index in [9.17, 15) is 19.8 Å². The molecule has 6 heteroatoms. The number of aliphatic hydroxyl groups is 1. The van der Waals surface area contributed by atoms with Crippen LogP contribution in [0, 0.1) is 12.8 Å². The Morgan fingerprint density at radius 3 is 2.15 bits per heavy atom. The van der Waals surface area contributed by atoms with Gasteiger partial charge in [-0.25, -0.2) is 0 Å². The number of Topliss-reactive ketones (excluding diaryl/α,β-unsaturated/α-hetero) is 1. The van der Waals surface area contributed by atoms with E-state index in [-0.39, 0.29) is 29.9 Å². The van der Waals surface area contributed by atoms with E-state index in [0.29, 0.717) is 24.1 Å². The Morgan fingerprint density at radius 1 is 0.829 bits per heavy atom. The van der Waals surface area contributed by atoms with Crippen LogP contribution >= 0.6 is 0 Å². The van der Waals surface area contributed by atoms with Gasteiger partial charge >= 0.3 is 0 Å². The molecule has 41 heavy (non-hydrogen) atoms. The summed E-state index contributed by atoms with van der Waals surface area (Å²) in [7, 11) is 0. The number of phenols is 1. The molecule has 0 heterocycles. The van der Waals surface area contributed by atoms with Crippen molar-refractivity contribution in [3.8, 4) is 5.75 Å². The first kappa shape index (κ1) is 32.0. The zero-order chi connectivity index (χ0) is 29.8. The van der Waals surface area contributed by atoms with Crippen molar-refractivity contribution in [1.82, 2.24) is 10.6 Å². The number of aryl methyl sites for hydroxylation is 2. The van der Waals surface area contributed by atoms with Gasteiger partial charge in [0.05, 0.1) is 12.1 Å². The van der Waals surface area contributed by atoms with Gasteiger partial charge in [0, 0.05) is 30.1 Å². The van der Waals surface area contributed by atoms with Crippen molar-refractivity contribution in [2.75, 3.05) is 6.54 Å². The average molecular weight is 559 g/mol. The van der Waals surface area contributed by atoms with Crippen LogP contribution in [0.5, 0.6) is 5.75 Å². The molecule has 0 aromatic heterocycles. The number of aromatic hydroxyl groups is 1. The lowest BCUT2D eigenvalue weighted by molar-refractivity contribution is 0.0829. The number of aliphatic hydroxyl groups excluding tert-OH is 1. The molecule has 3 aromatic carbocycles. The number of amides is 1. The number of hydrogen-bond donors (Lipinski definition) is 4. The average Bonchev–Trinajstić information content (AvgIpc) is 2.97. The maximum absolute atomic E-state index is 13.5. The highest BCUT2D eigenvalue weighted by Gasteiger charge is 2.24. The largest absolute Gasteiger partial charge is 0.508 e. The predicted molar refractivity (Wildman–Crippen MR) is 165 cm³/mol. The summed E-state index contributed by atoms with van der Waals surface area (Å²) in [5.41, 5.74) is 5.09. The lowest BCUT2D eigenvalue weighted by atomic mass is 9.88. The first-order chi connectivity index (χ1) is 19.7. The topological polar surface area (TPSA) is 98.7 Å². The minimum Gasteiger partial charge on any atom is -0.508 e. The van der Waals surface area contributed by atoms with E-state index in [4.69, 9.17) is 0 Å². The van der Waals surface area contributed by atoms with Crippen LogP contribution in [0.25, 0.3) is 0 Å². The second-order valence-corrected chi connectivity index (χ2v) is 11.0. The molecule has 3 rings (SSSR count). The van der Waals surface area contributed by atoms with E-state index in [0.717, 1.165) is 48.8 Å². The Morgan fingerprint density at radius 2 is 1.49 bits per heavy atom. The number of carbonyl (C=O) groups is 2. The number of phenolic OH excluding ortho intramolecular Hbond substituents is 1. The smallest absolute Gasteiger partial charge is 0.251 e. The molecule has 0 aliphatic rings. The van der Waals surface area contributed by atoms with Crippen LogP contribution in [0.4, 0.5) is 0 Å². The minimum atomic E-state index is -0.869. The third-order valence-corrected chi connectivity index (χ3v) is 7.52. The van der Waals surface area contributed by atoms with Crippen molar-refractivity contribution in [2.24, 2.45) is 5.92 Å². The zero-order valence-corrected chi connectivity index (χ0v) is 25.0. The Kier molecular flexibility index (Phi) is 12.6. The van der Waals surface area contributed by atoms with Crippen LogP contribution in [0.1, 0.15) is 89.4 Å². The highest BCUT2D eigenvalue weighted by molar-refractivity contribution is 6.02. The normalized spacial score (nSPS) is 12.7. The monoisotopic (exact) mass is 558 g/mol. The van der Waals surface area contributed by atoms with E-state index in [1.807, 2.05) is 19.1 Å². The van der Waals surface area contributed by atoms with Crippen LogP contribution in [0.15, 0.2) is 66.7 Å². The molecule has 0 spiro atoms. The summed E-state index contributed by atoms with van der Waals surface area (Å²) in [5.74, 6) is -0.129. The Labute approximate surface area is 245 Å². The van der Waals surface area contributed by atoms with E-state index in [1.54, 1.807) is 36.4 Å². The van der Waals surface area contributed by atoms with Gasteiger partial charge in [0.15, 0.2) is 5.78 Å². The molecule has 6 nitrogen and oxygen atoms in total. The van der Waals surface area contributed by atoms with Crippen molar-refractivity contribution in [1.29, 1.82) is 0 Å². The maximum Gasteiger partial charge on any atom is 0.251 e. The van der Waals surface area contributed by atoms with Crippen molar-refractivity contribution < 1.29 is 19.8 Å². The zero-order valence-electron chi connectivity index (χ0n) is 25.0. The fourth-order valence-electron chi connectivity index (χ4n) is 5.28. The predicted octanol–water partition coefficient (Wildman–Crippen LogP) is 6.15. The third kappa shape index (κ3) is 9.83. The van der Waals surface area contributed by atoms with E-state index < -0.39 is 12.1 Å². The van der Waals surface area contributed by atoms with Gasteiger partial charge in [0.25, 0.3) is 5.91 Å². The van der Waals surface area contributed by atoms with Gasteiger partial charge in [-0.05, 0) is 85.2 Å². The van der Waals surface area contributed by atoms with E-state index in [1.165, 1.54) is 5.56 Å². The minimum absolute atomic E-state index is 0.0455. The van der Waals surface area contributed by atoms with E-state index in [2.05, 4.69) is 49.6 Å². The van der Waals surface area contributed by atoms with Crippen LogP contribution in [-0.4, -0.2) is 40.6 Å². The molecule has 4 N–H and O–H groups in total. The van der Waals surface area contributed by atoms with Gasteiger partial charge in [-0.1, -0.05) is 70.0 Å². The molecule has 0 saturated heterocycles. The van der Waals surface area contributed by atoms with Gasteiger partial charge < -0.3 is 20.8 Å². The molecule has 0 unspecified atom stereocenters. The lowest BCUT2D eigenvalue weighted by Gasteiger charge is -2.25. The highest BCUT2D eigenvalue weighted by Crippen LogP contribution is 2.22. The SMILES string of the molecule is CCCC(CCC)C(=O)c1cc(C)cc(C(=O)N[C@@H](Cc2ccc(O)cc2)[C@@H](O)CNCc2cccc(CC)c2)c1. The van der Waals surface area contributed by atoms with Crippen molar-refractivity contribution in [3.63, 3.8) is 0 Å². The van der Waals surface area contributed by atoms with Gasteiger partial charge in [-0.2, -0.15) is 0 Å². The molecule has 0 aliphatic carbocycles. The van der Waals surface area contributed by atoms with Crippen molar-refractivity contribution in [3.05, 3.63) is 100 Å². The fraction of sp³-hybridized carbons (Fsp3) is 0.429. The van der Waals surface area contributed by atoms with Crippen LogP contribution in [0.3, 0.4) is 0 Å². The Bertz CT molecular complexity index is 1270. The molecule has 1 amide bonds. The molecule has 3 aromatic rings. The summed E-state index contributed by atoms with van der Waals surface area (Å²) in [6, 6.07) is 19.8. The first-order valence-corrected chi connectivity index (χ1v) is 14.9. The molecular weight excluding hydrogens is 512 g/mol. The summed E-state index contributed by atoms with van der Waals surface area (Å²) in [4.78, 5) is 26.9. The number of benzene rings is 3. The molecular formula is C35H46N2O4. The first-order valence-electron chi connectivity index (χ1n) is 14.9.